The lowest BCUT2D eigenvalue weighted by molar-refractivity contribution is 0.594. The summed E-state index contributed by atoms with van der Waals surface area (Å²) in [5, 5.41) is 3.32. The number of hydrogen-bond donors (Lipinski definition) is 1. The Morgan fingerprint density at radius 2 is 2.25 bits per heavy atom. The Morgan fingerprint density at radius 3 is 2.83 bits per heavy atom. The van der Waals surface area contributed by atoms with Crippen LogP contribution in [0.5, 0.6) is 0 Å². The van der Waals surface area contributed by atoms with Gasteiger partial charge in [-0.05, 0) is 38.4 Å². The number of likely N-dealkylation sites (N-methyl/N-ethyl adjacent to an activating group) is 1. The van der Waals surface area contributed by atoms with Crippen molar-refractivity contribution < 1.29 is 0 Å². The summed E-state index contributed by atoms with van der Waals surface area (Å²) in [5.74, 6) is 0. The molecule has 12 heavy (non-hydrogen) atoms. The van der Waals surface area contributed by atoms with Crippen LogP contribution in [0.2, 0.25) is 0 Å². The van der Waals surface area contributed by atoms with Crippen molar-refractivity contribution >= 4 is 23.7 Å². The lowest BCUT2D eigenvalue weighted by Gasteiger charge is -2.05. The maximum absolute atomic E-state index is 3.32. The summed E-state index contributed by atoms with van der Waals surface area (Å²) in [6, 6.07) is 3.04. The molecule has 1 N–H and O–H groups in total. The number of rotatable bonds is 1. The first-order valence-electron chi connectivity index (χ1n) is 4.05. The lowest BCUT2D eigenvalue weighted by Crippen LogP contribution is -2.24. The number of thiophene rings is 1. The second-order valence-electron chi connectivity index (χ2n) is 3.20. The molecule has 0 aromatic carbocycles. The van der Waals surface area contributed by atoms with Crippen LogP contribution >= 0.6 is 23.7 Å². The van der Waals surface area contributed by atoms with E-state index in [9.17, 15) is 0 Å². The van der Waals surface area contributed by atoms with Gasteiger partial charge in [0.1, 0.15) is 0 Å². The Bertz CT molecular complexity index is 246. The molecule has 1 unspecified atom stereocenters. The molecule has 68 valence electrons. The molecule has 0 fully saturated rings. The second-order valence-corrected chi connectivity index (χ2v) is 4.54. The van der Waals surface area contributed by atoms with Crippen molar-refractivity contribution in [3.05, 3.63) is 21.4 Å². The number of hydrogen-bond acceptors (Lipinski definition) is 2. The van der Waals surface area contributed by atoms with Gasteiger partial charge in [0.25, 0.3) is 0 Å². The number of fused-ring (bicyclic) bond motifs is 1. The number of halogens is 1. The average Bonchev–Trinajstić information content (AvgIpc) is 2.43. The molecule has 1 aromatic heterocycles. The smallest absolute Gasteiger partial charge is 0.0153 e. The van der Waals surface area contributed by atoms with Gasteiger partial charge in [0.15, 0.2) is 0 Å². The fraction of sp³-hybridized carbons (Fsp3) is 0.556. The Labute approximate surface area is 83.6 Å². The van der Waals surface area contributed by atoms with Crippen LogP contribution in [0.1, 0.15) is 15.3 Å². The van der Waals surface area contributed by atoms with Crippen molar-refractivity contribution in [1.82, 2.24) is 5.32 Å². The summed E-state index contributed by atoms with van der Waals surface area (Å²) >= 11 is 1.96. The van der Waals surface area contributed by atoms with E-state index in [-0.39, 0.29) is 12.4 Å². The summed E-state index contributed by atoms with van der Waals surface area (Å²) in [6.07, 6.45) is 2.47. The molecule has 1 aromatic rings. The zero-order chi connectivity index (χ0) is 7.84. The summed E-state index contributed by atoms with van der Waals surface area (Å²) < 4.78 is 0. The molecule has 1 aliphatic carbocycles. The fourth-order valence-electron chi connectivity index (χ4n) is 1.73. The molecule has 1 heterocycles. The molecule has 0 saturated heterocycles. The van der Waals surface area contributed by atoms with Crippen LogP contribution in [0.4, 0.5) is 0 Å². The van der Waals surface area contributed by atoms with E-state index in [1.807, 2.05) is 18.4 Å². The molecular formula is C9H14ClNS. The van der Waals surface area contributed by atoms with Crippen molar-refractivity contribution in [3.63, 3.8) is 0 Å². The Balaban J connectivity index is 0.000000720. The van der Waals surface area contributed by atoms with Gasteiger partial charge in [-0.3, -0.25) is 0 Å². The van der Waals surface area contributed by atoms with E-state index in [2.05, 4.69) is 18.3 Å². The van der Waals surface area contributed by atoms with Crippen molar-refractivity contribution in [2.45, 2.75) is 25.8 Å². The first-order chi connectivity index (χ1) is 5.29. The highest BCUT2D eigenvalue weighted by Crippen LogP contribution is 2.29. The molecule has 1 aliphatic rings. The highest BCUT2D eigenvalue weighted by Gasteiger charge is 2.21. The molecule has 0 saturated carbocycles. The van der Waals surface area contributed by atoms with Gasteiger partial charge < -0.3 is 5.32 Å². The van der Waals surface area contributed by atoms with E-state index in [0.29, 0.717) is 6.04 Å². The van der Waals surface area contributed by atoms with Crippen LogP contribution < -0.4 is 5.32 Å². The third-order valence-electron chi connectivity index (χ3n) is 2.33. The minimum atomic E-state index is 0. The first-order valence-corrected chi connectivity index (χ1v) is 4.86. The van der Waals surface area contributed by atoms with Crippen LogP contribution in [0, 0.1) is 6.92 Å². The van der Waals surface area contributed by atoms with E-state index in [0.717, 1.165) is 0 Å². The number of aryl methyl sites for hydroxylation is 1. The molecule has 0 radical (unpaired) electrons. The zero-order valence-corrected chi connectivity index (χ0v) is 9.02. The van der Waals surface area contributed by atoms with Gasteiger partial charge in [0, 0.05) is 15.8 Å². The molecule has 2 rings (SSSR count). The maximum Gasteiger partial charge on any atom is 0.0153 e. The summed E-state index contributed by atoms with van der Waals surface area (Å²) in [5.41, 5.74) is 1.58. The highest BCUT2D eigenvalue weighted by atomic mass is 35.5. The normalized spacial score (nSPS) is 20.3. The Kier molecular flexibility index (Phi) is 3.16. The average molecular weight is 204 g/mol. The Morgan fingerprint density at radius 1 is 1.50 bits per heavy atom. The van der Waals surface area contributed by atoms with Crippen molar-refractivity contribution in [3.8, 4) is 0 Å². The van der Waals surface area contributed by atoms with Crippen LogP contribution in [0.3, 0.4) is 0 Å². The SMILES string of the molecule is CNC1Cc2cc(C)sc2C1.Cl. The zero-order valence-electron chi connectivity index (χ0n) is 7.39. The van der Waals surface area contributed by atoms with Gasteiger partial charge in [0.2, 0.25) is 0 Å². The predicted molar refractivity (Wildman–Crippen MR) is 56.6 cm³/mol. The monoisotopic (exact) mass is 203 g/mol. The van der Waals surface area contributed by atoms with Crippen molar-refractivity contribution in [1.29, 1.82) is 0 Å². The second kappa shape index (κ2) is 3.77. The summed E-state index contributed by atoms with van der Waals surface area (Å²) in [4.78, 5) is 3.06. The van der Waals surface area contributed by atoms with E-state index in [1.54, 1.807) is 10.4 Å². The fourth-order valence-corrected chi connectivity index (χ4v) is 2.87. The van der Waals surface area contributed by atoms with Gasteiger partial charge in [-0.15, -0.1) is 23.7 Å². The van der Waals surface area contributed by atoms with E-state index < -0.39 is 0 Å². The summed E-state index contributed by atoms with van der Waals surface area (Å²) in [6.45, 7) is 2.19. The van der Waals surface area contributed by atoms with Gasteiger partial charge >= 0.3 is 0 Å². The lowest BCUT2D eigenvalue weighted by atomic mass is 10.2. The van der Waals surface area contributed by atoms with Gasteiger partial charge in [-0.1, -0.05) is 0 Å². The molecular weight excluding hydrogens is 190 g/mol. The maximum atomic E-state index is 3.32. The predicted octanol–water partition coefficient (Wildman–Crippen LogP) is 2.16. The van der Waals surface area contributed by atoms with Crippen molar-refractivity contribution in [2.75, 3.05) is 7.05 Å². The third kappa shape index (κ3) is 1.65. The van der Waals surface area contributed by atoms with E-state index in [4.69, 9.17) is 0 Å². The minimum absolute atomic E-state index is 0. The van der Waals surface area contributed by atoms with Gasteiger partial charge in [-0.25, -0.2) is 0 Å². The standard InChI is InChI=1S/C9H13NS.ClH/c1-6-3-7-4-8(10-2)5-9(7)11-6;/h3,8,10H,4-5H2,1-2H3;1H. The molecule has 3 heteroatoms. The largest absolute Gasteiger partial charge is 0.316 e. The minimum Gasteiger partial charge on any atom is -0.316 e. The van der Waals surface area contributed by atoms with Crippen LogP contribution in [-0.2, 0) is 12.8 Å². The molecule has 1 nitrogen and oxygen atoms in total. The van der Waals surface area contributed by atoms with E-state index >= 15 is 0 Å². The van der Waals surface area contributed by atoms with Gasteiger partial charge in [-0.2, -0.15) is 0 Å². The molecule has 0 amide bonds. The van der Waals surface area contributed by atoms with E-state index in [1.165, 1.54) is 17.7 Å². The van der Waals surface area contributed by atoms with Crippen LogP contribution in [0.25, 0.3) is 0 Å². The van der Waals surface area contributed by atoms with Crippen molar-refractivity contribution in [2.24, 2.45) is 0 Å². The highest BCUT2D eigenvalue weighted by molar-refractivity contribution is 7.12. The number of nitrogens with one attached hydrogen (secondary N) is 1. The van der Waals surface area contributed by atoms with Crippen LogP contribution in [-0.4, -0.2) is 13.1 Å². The molecule has 0 spiro atoms. The quantitative estimate of drug-likeness (QED) is 0.738. The topological polar surface area (TPSA) is 12.0 Å². The van der Waals surface area contributed by atoms with Gasteiger partial charge in [0.05, 0.1) is 0 Å². The third-order valence-corrected chi connectivity index (χ3v) is 3.44. The first kappa shape index (κ1) is 10.0. The molecule has 1 atom stereocenters. The summed E-state index contributed by atoms with van der Waals surface area (Å²) in [7, 11) is 2.05. The Hall–Kier alpha value is -0.0500. The van der Waals surface area contributed by atoms with Crippen LogP contribution in [0.15, 0.2) is 6.07 Å². The molecule has 0 bridgehead atoms. The molecule has 0 aliphatic heterocycles.